The largest absolute Gasteiger partial charge is 0.330 e. The topological polar surface area (TPSA) is 29.9 Å². The van der Waals surface area contributed by atoms with E-state index >= 15 is 0 Å². The van der Waals surface area contributed by atoms with Gasteiger partial charge >= 0.3 is 0 Å². The molecule has 1 rings (SSSR count). The van der Waals surface area contributed by atoms with Crippen molar-refractivity contribution in [1.82, 2.24) is 14.9 Å². The molecule has 0 aliphatic carbocycles. The second kappa shape index (κ2) is 5.00. The van der Waals surface area contributed by atoms with E-state index in [0.29, 0.717) is 12.1 Å². The molecule has 0 aromatic carbocycles. The summed E-state index contributed by atoms with van der Waals surface area (Å²) in [5, 5.41) is 3.43. The van der Waals surface area contributed by atoms with Gasteiger partial charge < -0.3 is 9.88 Å². The summed E-state index contributed by atoms with van der Waals surface area (Å²) in [6, 6.07) is 0.965. The second-order valence-electron chi connectivity index (χ2n) is 5.87. The molecule has 0 aliphatic rings. The van der Waals surface area contributed by atoms with Gasteiger partial charge in [0, 0.05) is 24.8 Å². The van der Waals surface area contributed by atoms with Gasteiger partial charge in [0.1, 0.15) is 0 Å². The first-order valence-corrected chi connectivity index (χ1v) is 6.06. The van der Waals surface area contributed by atoms with Crippen molar-refractivity contribution in [2.45, 2.75) is 60.2 Å². The number of nitrogens with one attached hydrogen (secondary N) is 1. The van der Waals surface area contributed by atoms with E-state index in [1.54, 1.807) is 0 Å². The van der Waals surface area contributed by atoms with Crippen LogP contribution in [0.1, 0.15) is 53.3 Å². The summed E-state index contributed by atoms with van der Waals surface area (Å²) in [5.41, 5.74) is 1.52. The van der Waals surface area contributed by atoms with E-state index in [2.05, 4.69) is 56.4 Å². The van der Waals surface area contributed by atoms with Crippen LogP contribution in [0.15, 0.2) is 12.5 Å². The van der Waals surface area contributed by atoms with Crippen molar-refractivity contribution in [2.75, 3.05) is 0 Å². The lowest BCUT2D eigenvalue weighted by Gasteiger charge is -2.30. The van der Waals surface area contributed by atoms with Gasteiger partial charge in [-0.3, -0.25) is 0 Å². The third-order valence-electron chi connectivity index (χ3n) is 3.11. The number of aromatic nitrogens is 2. The Bertz CT molecular complexity index is 320. The van der Waals surface area contributed by atoms with Crippen molar-refractivity contribution in [2.24, 2.45) is 5.41 Å². The molecule has 3 heteroatoms. The molecule has 1 N–H and O–H groups in total. The molecule has 16 heavy (non-hydrogen) atoms. The quantitative estimate of drug-likeness (QED) is 0.850. The zero-order chi connectivity index (χ0) is 12.3. The van der Waals surface area contributed by atoms with Gasteiger partial charge in [0.25, 0.3) is 0 Å². The van der Waals surface area contributed by atoms with Crippen molar-refractivity contribution in [3.63, 3.8) is 0 Å². The molecule has 0 saturated heterocycles. The standard InChI is InChI=1S/C13H25N3/c1-10(2)15-8-12-7-14-9-16(12)11(3)13(4,5)6/h7,9-11,15H,8H2,1-6H3. The van der Waals surface area contributed by atoms with Crippen molar-refractivity contribution < 1.29 is 0 Å². The van der Waals surface area contributed by atoms with Crippen LogP contribution in [-0.4, -0.2) is 15.6 Å². The van der Waals surface area contributed by atoms with Crippen molar-refractivity contribution >= 4 is 0 Å². The van der Waals surface area contributed by atoms with E-state index in [4.69, 9.17) is 0 Å². The first-order valence-electron chi connectivity index (χ1n) is 6.06. The maximum absolute atomic E-state index is 4.26. The molecule has 0 fully saturated rings. The molecule has 3 nitrogen and oxygen atoms in total. The predicted molar refractivity (Wildman–Crippen MR) is 68.4 cm³/mol. The molecule has 0 amide bonds. The van der Waals surface area contributed by atoms with Gasteiger partial charge in [0.05, 0.1) is 12.0 Å². The zero-order valence-corrected chi connectivity index (χ0v) is 11.4. The predicted octanol–water partition coefficient (Wildman–Crippen LogP) is 2.99. The van der Waals surface area contributed by atoms with Gasteiger partial charge in [0.2, 0.25) is 0 Å². The molecule has 1 aromatic rings. The molecule has 92 valence electrons. The van der Waals surface area contributed by atoms with Crippen LogP contribution >= 0.6 is 0 Å². The Hall–Kier alpha value is -0.830. The maximum Gasteiger partial charge on any atom is 0.0951 e. The highest BCUT2D eigenvalue weighted by atomic mass is 15.1. The Balaban J connectivity index is 2.78. The number of hydrogen-bond acceptors (Lipinski definition) is 2. The third kappa shape index (κ3) is 3.34. The number of hydrogen-bond donors (Lipinski definition) is 1. The SMILES string of the molecule is CC(C)NCc1cncn1C(C)C(C)(C)C. The Morgan fingerprint density at radius 2 is 1.94 bits per heavy atom. The summed E-state index contributed by atoms with van der Waals surface area (Å²) in [6.45, 7) is 14.2. The normalized spacial score (nSPS) is 14.4. The van der Waals surface area contributed by atoms with E-state index in [1.807, 2.05) is 12.5 Å². The monoisotopic (exact) mass is 223 g/mol. The molecular formula is C13H25N3. The fourth-order valence-electron chi connectivity index (χ4n) is 1.54. The lowest BCUT2D eigenvalue weighted by atomic mass is 9.88. The lowest BCUT2D eigenvalue weighted by molar-refractivity contribution is 0.256. The van der Waals surface area contributed by atoms with E-state index in [9.17, 15) is 0 Å². The van der Waals surface area contributed by atoms with Crippen LogP contribution in [0.3, 0.4) is 0 Å². The van der Waals surface area contributed by atoms with Crippen molar-refractivity contribution in [3.05, 3.63) is 18.2 Å². The Kier molecular flexibility index (Phi) is 4.14. The molecule has 1 heterocycles. The lowest BCUT2D eigenvalue weighted by Crippen LogP contribution is -2.27. The van der Waals surface area contributed by atoms with E-state index in [0.717, 1.165) is 6.54 Å². The first-order chi connectivity index (χ1) is 7.32. The first kappa shape index (κ1) is 13.2. The van der Waals surface area contributed by atoms with Gasteiger partial charge in [-0.25, -0.2) is 4.98 Å². The van der Waals surface area contributed by atoms with Gasteiger partial charge in [-0.15, -0.1) is 0 Å². The highest BCUT2D eigenvalue weighted by molar-refractivity contribution is 5.01. The molecule has 0 saturated carbocycles. The van der Waals surface area contributed by atoms with Gasteiger partial charge in [0.15, 0.2) is 0 Å². The van der Waals surface area contributed by atoms with Gasteiger partial charge in [-0.05, 0) is 12.3 Å². The summed E-state index contributed by atoms with van der Waals surface area (Å²) >= 11 is 0. The highest BCUT2D eigenvalue weighted by Crippen LogP contribution is 2.30. The second-order valence-corrected chi connectivity index (χ2v) is 5.87. The van der Waals surface area contributed by atoms with Gasteiger partial charge in [-0.1, -0.05) is 34.6 Å². The van der Waals surface area contributed by atoms with Crippen LogP contribution in [0, 0.1) is 5.41 Å². The Labute approximate surface area is 99.3 Å². The minimum Gasteiger partial charge on any atom is -0.330 e. The molecule has 0 spiro atoms. The van der Waals surface area contributed by atoms with Crippen molar-refractivity contribution in [1.29, 1.82) is 0 Å². The number of imidazole rings is 1. The van der Waals surface area contributed by atoms with Crippen molar-refractivity contribution in [3.8, 4) is 0 Å². The molecule has 0 radical (unpaired) electrons. The summed E-state index contributed by atoms with van der Waals surface area (Å²) in [7, 11) is 0. The van der Waals surface area contributed by atoms with Gasteiger partial charge in [-0.2, -0.15) is 0 Å². The number of nitrogens with zero attached hydrogens (tertiary/aromatic N) is 2. The van der Waals surface area contributed by atoms with Crippen LogP contribution < -0.4 is 5.32 Å². The summed E-state index contributed by atoms with van der Waals surface area (Å²) in [4.78, 5) is 4.26. The fraction of sp³-hybridized carbons (Fsp3) is 0.769. The van der Waals surface area contributed by atoms with E-state index in [-0.39, 0.29) is 5.41 Å². The van der Waals surface area contributed by atoms with Crippen LogP contribution in [0.2, 0.25) is 0 Å². The maximum atomic E-state index is 4.26. The summed E-state index contributed by atoms with van der Waals surface area (Å²) in [6.07, 6.45) is 3.89. The summed E-state index contributed by atoms with van der Waals surface area (Å²) < 4.78 is 2.27. The molecule has 1 unspecified atom stereocenters. The van der Waals surface area contributed by atoms with Crippen LogP contribution in [-0.2, 0) is 6.54 Å². The summed E-state index contributed by atoms with van der Waals surface area (Å²) in [5.74, 6) is 0. The molecule has 1 aromatic heterocycles. The minimum absolute atomic E-state index is 0.257. The molecule has 0 bridgehead atoms. The fourth-order valence-corrected chi connectivity index (χ4v) is 1.54. The van der Waals surface area contributed by atoms with Crippen LogP contribution in [0.4, 0.5) is 0 Å². The molecule has 0 aliphatic heterocycles. The minimum atomic E-state index is 0.257. The Morgan fingerprint density at radius 3 is 2.44 bits per heavy atom. The smallest absolute Gasteiger partial charge is 0.0951 e. The third-order valence-corrected chi connectivity index (χ3v) is 3.11. The molecule has 1 atom stereocenters. The van der Waals surface area contributed by atoms with Crippen LogP contribution in [0.25, 0.3) is 0 Å². The van der Waals surface area contributed by atoms with E-state index in [1.165, 1.54) is 5.69 Å². The average molecular weight is 223 g/mol. The zero-order valence-electron chi connectivity index (χ0n) is 11.4. The molecular weight excluding hydrogens is 198 g/mol. The number of rotatable bonds is 4. The Morgan fingerprint density at radius 1 is 1.31 bits per heavy atom. The average Bonchev–Trinajstić information content (AvgIpc) is 2.59. The highest BCUT2D eigenvalue weighted by Gasteiger charge is 2.22. The van der Waals surface area contributed by atoms with E-state index < -0.39 is 0 Å². The van der Waals surface area contributed by atoms with Crippen LogP contribution in [0.5, 0.6) is 0 Å².